The standard InChI is InChI=1S/C26H20F3N5O2/c27-26(28,29)23-8-3-7-22(32-23)20-5-1-2-6-21(20)25(36)31-19-10-9-17-14-33(15-18(17)13-19)24(35)16-34-12-4-11-30-34/h1-13H,14-16H2,(H,31,36). The lowest BCUT2D eigenvalue weighted by Crippen LogP contribution is -2.29. The lowest BCUT2D eigenvalue weighted by atomic mass is 10.0. The Labute approximate surface area is 204 Å². The zero-order valence-electron chi connectivity index (χ0n) is 18.9. The molecule has 2 aromatic carbocycles. The number of nitrogens with zero attached hydrogens (tertiary/aromatic N) is 4. The van der Waals surface area contributed by atoms with Crippen molar-refractivity contribution >= 4 is 17.5 Å². The maximum Gasteiger partial charge on any atom is 0.433 e. The number of hydrogen-bond acceptors (Lipinski definition) is 4. The monoisotopic (exact) mass is 491 g/mol. The van der Waals surface area contributed by atoms with Crippen molar-refractivity contribution in [1.29, 1.82) is 0 Å². The van der Waals surface area contributed by atoms with Gasteiger partial charge in [0.15, 0.2) is 0 Å². The van der Waals surface area contributed by atoms with E-state index in [-0.39, 0.29) is 29.3 Å². The fourth-order valence-corrected chi connectivity index (χ4v) is 4.13. The SMILES string of the molecule is O=C(Nc1ccc2c(c1)CN(C(=O)Cn1cccn1)C2)c1ccccc1-c1cccc(C(F)(F)F)n1. The largest absolute Gasteiger partial charge is 0.433 e. The predicted molar refractivity (Wildman–Crippen MR) is 126 cm³/mol. The normalized spacial score (nSPS) is 12.9. The first-order valence-electron chi connectivity index (χ1n) is 11.1. The Hall–Kier alpha value is -4.47. The van der Waals surface area contributed by atoms with E-state index in [1.807, 2.05) is 6.07 Å². The average Bonchev–Trinajstić information content (AvgIpc) is 3.53. The highest BCUT2D eigenvalue weighted by Crippen LogP contribution is 2.31. The molecule has 0 fully saturated rings. The molecule has 2 amide bonds. The number of halogens is 3. The molecule has 0 aliphatic carbocycles. The van der Waals surface area contributed by atoms with Crippen LogP contribution in [0.4, 0.5) is 18.9 Å². The molecule has 0 saturated carbocycles. The topological polar surface area (TPSA) is 80.1 Å². The Balaban J connectivity index is 1.33. The van der Waals surface area contributed by atoms with Crippen molar-refractivity contribution in [1.82, 2.24) is 19.7 Å². The van der Waals surface area contributed by atoms with E-state index < -0.39 is 17.8 Å². The van der Waals surface area contributed by atoms with Crippen molar-refractivity contribution in [3.05, 3.63) is 102 Å². The van der Waals surface area contributed by atoms with Crippen molar-refractivity contribution in [2.45, 2.75) is 25.8 Å². The summed E-state index contributed by atoms with van der Waals surface area (Å²) in [5.74, 6) is -0.544. The number of carbonyl (C=O) groups excluding carboxylic acids is 2. The van der Waals surface area contributed by atoms with E-state index in [4.69, 9.17) is 0 Å². The molecule has 1 aliphatic rings. The Kier molecular flexibility index (Phi) is 6.01. The molecule has 5 rings (SSSR count). The van der Waals surface area contributed by atoms with Crippen LogP contribution in [0.2, 0.25) is 0 Å². The van der Waals surface area contributed by atoms with Crippen LogP contribution in [0.1, 0.15) is 27.2 Å². The number of nitrogens with one attached hydrogen (secondary N) is 1. The Morgan fingerprint density at radius 2 is 1.75 bits per heavy atom. The van der Waals surface area contributed by atoms with Crippen molar-refractivity contribution in [3.63, 3.8) is 0 Å². The van der Waals surface area contributed by atoms with Crippen LogP contribution in [0.3, 0.4) is 0 Å². The van der Waals surface area contributed by atoms with Gasteiger partial charge in [0, 0.05) is 42.3 Å². The van der Waals surface area contributed by atoms with Gasteiger partial charge in [-0.3, -0.25) is 14.3 Å². The van der Waals surface area contributed by atoms with Gasteiger partial charge in [-0.25, -0.2) is 4.98 Å². The van der Waals surface area contributed by atoms with Gasteiger partial charge in [0.2, 0.25) is 5.91 Å². The molecule has 0 spiro atoms. The van der Waals surface area contributed by atoms with Gasteiger partial charge < -0.3 is 10.2 Å². The molecule has 36 heavy (non-hydrogen) atoms. The van der Waals surface area contributed by atoms with Gasteiger partial charge >= 0.3 is 6.18 Å². The van der Waals surface area contributed by atoms with E-state index in [2.05, 4.69) is 15.4 Å². The third-order valence-corrected chi connectivity index (χ3v) is 5.88. The highest BCUT2D eigenvalue weighted by Gasteiger charge is 2.32. The minimum atomic E-state index is -4.59. The molecule has 3 heterocycles. The van der Waals surface area contributed by atoms with Crippen LogP contribution in [0, 0.1) is 0 Å². The molecular weight excluding hydrogens is 471 g/mol. The summed E-state index contributed by atoms with van der Waals surface area (Å²) >= 11 is 0. The van der Waals surface area contributed by atoms with Crippen LogP contribution >= 0.6 is 0 Å². The summed E-state index contributed by atoms with van der Waals surface area (Å²) in [6.45, 7) is 1.02. The third kappa shape index (κ3) is 4.83. The third-order valence-electron chi connectivity index (χ3n) is 5.88. The molecule has 0 radical (unpaired) electrons. The zero-order chi connectivity index (χ0) is 25.3. The summed E-state index contributed by atoms with van der Waals surface area (Å²) in [5.41, 5.74) is 1.92. The number of fused-ring (bicyclic) bond motifs is 1. The van der Waals surface area contributed by atoms with E-state index in [0.29, 0.717) is 18.8 Å². The van der Waals surface area contributed by atoms with Crippen LogP contribution in [-0.4, -0.2) is 31.5 Å². The minimum absolute atomic E-state index is 0.0517. The number of amides is 2. The Bertz CT molecular complexity index is 1430. The predicted octanol–water partition coefficient (Wildman–Crippen LogP) is 4.76. The summed E-state index contributed by atoms with van der Waals surface area (Å²) in [6, 6.07) is 17.1. The van der Waals surface area contributed by atoms with Crippen molar-refractivity contribution < 1.29 is 22.8 Å². The number of pyridine rings is 1. The van der Waals surface area contributed by atoms with E-state index in [0.717, 1.165) is 17.2 Å². The molecule has 0 atom stereocenters. The van der Waals surface area contributed by atoms with E-state index in [1.54, 1.807) is 58.4 Å². The van der Waals surface area contributed by atoms with Gasteiger partial charge in [-0.15, -0.1) is 0 Å². The molecule has 0 saturated heterocycles. The number of hydrogen-bond donors (Lipinski definition) is 1. The number of alkyl halides is 3. The first-order chi connectivity index (χ1) is 17.3. The van der Waals surface area contributed by atoms with Gasteiger partial charge in [-0.05, 0) is 47.5 Å². The number of benzene rings is 2. The second kappa shape index (κ2) is 9.29. The van der Waals surface area contributed by atoms with Gasteiger partial charge in [0.1, 0.15) is 12.2 Å². The van der Waals surface area contributed by atoms with Gasteiger partial charge in [0.25, 0.3) is 5.91 Å². The summed E-state index contributed by atoms with van der Waals surface area (Å²) in [4.78, 5) is 31.1. The second-order valence-electron chi connectivity index (χ2n) is 8.34. The molecule has 10 heteroatoms. The van der Waals surface area contributed by atoms with Crippen molar-refractivity contribution in [3.8, 4) is 11.3 Å². The summed E-state index contributed by atoms with van der Waals surface area (Å²) in [6.07, 6.45) is -1.25. The zero-order valence-corrected chi connectivity index (χ0v) is 18.9. The summed E-state index contributed by atoms with van der Waals surface area (Å²) < 4.78 is 41.0. The molecule has 7 nitrogen and oxygen atoms in total. The van der Waals surface area contributed by atoms with Crippen LogP contribution in [-0.2, 0) is 30.6 Å². The number of aromatic nitrogens is 3. The number of rotatable bonds is 5. The van der Waals surface area contributed by atoms with Crippen LogP contribution in [0.5, 0.6) is 0 Å². The molecule has 2 aromatic heterocycles. The number of anilines is 1. The van der Waals surface area contributed by atoms with Crippen molar-refractivity contribution in [2.75, 3.05) is 5.32 Å². The number of carbonyl (C=O) groups is 2. The maximum absolute atomic E-state index is 13.1. The average molecular weight is 491 g/mol. The van der Waals surface area contributed by atoms with Gasteiger partial charge in [-0.2, -0.15) is 18.3 Å². The molecule has 1 N–H and O–H groups in total. The minimum Gasteiger partial charge on any atom is -0.332 e. The molecule has 182 valence electrons. The first kappa shape index (κ1) is 23.3. The summed E-state index contributed by atoms with van der Waals surface area (Å²) in [5, 5.41) is 6.88. The Morgan fingerprint density at radius 1 is 0.944 bits per heavy atom. The molecular formula is C26H20F3N5O2. The molecule has 4 aromatic rings. The lowest BCUT2D eigenvalue weighted by molar-refractivity contribution is -0.141. The van der Waals surface area contributed by atoms with Gasteiger partial charge in [0.05, 0.1) is 5.69 Å². The fourth-order valence-electron chi connectivity index (χ4n) is 4.13. The fraction of sp³-hybridized carbons (Fsp3) is 0.154. The molecule has 1 aliphatic heterocycles. The van der Waals surface area contributed by atoms with Crippen molar-refractivity contribution in [2.24, 2.45) is 0 Å². The second-order valence-corrected chi connectivity index (χ2v) is 8.34. The summed E-state index contributed by atoms with van der Waals surface area (Å²) in [7, 11) is 0. The quantitative estimate of drug-likeness (QED) is 0.437. The smallest absolute Gasteiger partial charge is 0.332 e. The van der Waals surface area contributed by atoms with Crippen LogP contribution in [0.15, 0.2) is 79.1 Å². The van der Waals surface area contributed by atoms with Crippen LogP contribution in [0.25, 0.3) is 11.3 Å². The van der Waals surface area contributed by atoms with Gasteiger partial charge in [-0.1, -0.05) is 30.3 Å². The van der Waals surface area contributed by atoms with E-state index >= 15 is 0 Å². The molecule has 0 bridgehead atoms. The van der Waals surface area contributed by atoms with Crippen LogP contribution < -0.4 is 5.32 Å². The molecule has 0 unspecified atom stereocenters. The highest BCUT2D eigenvalue weighted by atomic mass is 19.4. The van der Waals surface area contributed by atoms with E-state index in [1.165, 1.54) is 18.2 Å². The highest BCUT2D eigenvalue weighted by molar-refractivity contribution is 6.08. The lowest BCUT2D eigenvalue weighted by Gasteiger charge is -2.15. The maximum atomic E-state index is 13.1. The van der Waals surface area contributed by atoms with E-state index in [9.17, 15) is 22.8 Å². The first-order valence-corrected chi connectivity index (χ1v) is 11.1. The Morgan fingerprint density at radius 3 is 2.53 bits per heavy atom.